The van der Waals surface area contributed by atoms with Crippen molar-refractivity contribution in [3.05, 3.63) is 83.2 Å². The van der Waals surface area contributed by atoms with Gasteiger partial charge in [0, 0.05) is 56.2 Å². The summed E-state index contributed by atoms with van der Waals surface area (Å²) in [6.45, 7) is 3.37. The first-order valence-corrected chi connectivity index (χ1v) is 15.2. The second kappa shape index (κ2) is 12.7. The number of anilines is 2. The van der Waals surface area contributed by atoms with Gasteiger partial charge in [-0.3, -0.25) is 9.80 Å². The lowest BCUT2D eigenvalue weighted by molar-refractivity contribution is -0.143. The van der Waals surface area contributed by atoms with Gasteiger partial charge in [-0.05, 0) is 74.6 Å². The number of morpholine rings is 1. The van der Waals surface area contributed by atoms with Crippen molar-refractivity contribution in [2.45, 2.75) is 24.8 Å². The highest BCUT2D eigenvalue weighted by Crippen LogP contribution is 2.36. The number of carbonyl (C=O) groups excluding carboxylic acids is 2. The van der Waals surface area contributed by atoms with Crippen LogP contribution in [0.2, 0.25) is 0 Å². The lowest BCUT2D eigenvalue weighted by atomic mass is 10.1. The summed E-state index contributed by atoms with van der Waals surface area (Å²) < 4.78 is 48.6. The van der Waals surface area contributed by atoms with Gasteiger partial charge in [0.25, 0.3) is 5.91 Å². The molecule has 4 heterocycles. The Morgan fingerprint density at radius 1 is 0.913 bits per heavy atom. The van der Waals surface area contributed by atoms with E-state index in [4.69, 9.17) is 9.73 Å². The number of likely N-dealkylation sites (tertiary alicyclic amines) is 1. The Balaban J connectivity index is 1.12. The topological polar surface area (TPSA) is 97.7 Å². The van der Waals surface area contributed by atoms with E-state index in [1.165, 1.54) is 15.8 Å². The van der Waals surface area contributed by atoms with Crippen LogP contribution in [-0.2, 0) is 10.9 Å². The smallest absolute Gasteiger partial charge is 0.378 e. The molecule has 2 unspecified atom stereocenters. The lowest BCUT2D eigenvalue weighted by Crippen LogP contribution is -2.49. The maximum atomic E-state index is 14.0. The van der Waals surface area contributed by atoms with Crippen LogP contribution < -0.4 is 15.6 Å². The van der Waals surface area contributed by atoms with Gasteiger partial charge in [0.15, 0.2) is 12.0 Å². The highest BCUT2D eigenvalue weighted by atomic mass is 19.4. The molecule has 0 radical (unpaired) electrons. The number of carbonyl (C=O) groups is 2. The quantitative estimate of drug-likeness (QED) is 0.433. The molecule has 3 aliphatic rings. The van der Waals surface area contributed by atoms with Crippen molar-refractivity contribution in [3.8, 4) is 0 Å². The number of alkyl halides is 3. The van der Waals surface area contributed by atoms with Gasteiger partial charge in [0.05, 0.1) is 13.2 Å². The Bertz CT molecular complexity index is 1600. The zero-order chi connectivity index (χ0) is 32.6. The number of amides is 3. The molecule has 11 nitrogen and oxygen atoms in total. The van der Waals surface area contributed by atoms with Crippen molar-refractivity contribution >= 4 is 29.1 Å². The van der Waals surface area contributed by atoms with Crippen LogP contribution in [0.1, 0.15) is 39.9 Å². The van der Waals surface area contributed by atoms with Crippen LogP contribution in [-0.4, -0.2) is 104 Å². The van der Waals surface area contributed by atoms with Crippen molar-refractivity contribution in [3.63, 3.8) is 0 Å². The predicted octanol–water partition coefficient (Wildman–Crippen LogP) is 4.29. The molecule has 6 rings (SSSR count). The van der Waals surface area contributed by atoms with Crippen LogP contribution >= 0.6 is 0 Å². The van der Waals surface area contributed by atoms with Gasteiger partial charge in [-0.25, -0.2) is 14.5 Å². The molecule has 3 amide bonds. The third-order valence-corrected chi connectivity index (χ3v) is 8.64. The third-order valence-electron chi connectivity index (χ3n) is 8.64. The first-order valence-electron chi connectivity index (χ1n) is 15.2. The second-order valence-corrected chi connectivity index (χ2v) is 11.8. The summed E-state index contributed by atoms with van der Waals surface area (Å²) in [5.74, 6) is 0.447. The molecule has 2 aromatic carbocycles. The van der Waals surface area contributed by atoms with Crippen molar-refractivity contribution < 1.29 is 27.5 Å². The number of aromatic nitrogens is 1. The van der Waals surface area contributed by atoms with Crippen LogP contribution in [0.5, 0.6) is 0 Å². The fourth-order valence-electron chi connectivity index (χ4n) is 6.10. The van der Waals surface area contributed by atoms with Gasteiger partial charge in [0.1, 0.15) is 11.4 Å². The number of benzene rings is 2. The largest absolute Gasteiger partial charge is 0.433 e. The summed E-state index contributed by atoms with van der Waals surface area (Å²) in [5, 5.41) is 7.01. The summed E-state index contributed by atoms with van der Waals surface area (Å²) in [7, 11) is 5.60. The first kappa shape index (κ1) is 31.4. The number of hydrogen-bond donors (Lipinski definition) is 2. The number of urea groups is 1. The second-order valence-electron chi connectivity index (χ2n) is 11.8. The number of nitrogens with one attached hydrogen (secondary N) is 2. The van der Waals surface area contributed by atoms with Gasteiger partial charge in [-0.1, -0.05) is 12.1 Å². The Morgan fingerprint density at radius 2 is 1.54 bits per heavy atom. The Labute approximate surface area is 265 Å². The monoisotopic (exact) mass is 638 g/mol. The van der Waals surface area contributed by atoms with E-state index in [0.29, 0.717) is 79.5 Å². The van der Waals surface area contributed by atoms with Gasteiger partial charge >= 0.3 is 12.2 Å². The number of nitrogens with zero attached hydrogens (tertiary/aromatic N) is 6. The van der Waals surface area contributed by atoms with Gasteiger partial charge in [-0.2, -0.15) is 13.2 Å². The lowest BCUT2D eigenvalue weighted by Gasteiger charge is -2.39. The minimum Gasteiger partial charge on any atom is -0.378 e. The van der Waals surface area contributed by atoms with E-state index in [0.717, 1.165) is 12.5 Å². The third kappa shape index (κ3) is 6.40. The average molecular weight is 639 g/mol. The Morgan fingerprint density at radius 3 is 2.13 bits per heavy atom. The maximum Gasteiger partial charge on any atom is 0.433 e. The van der Waals surface area contributed by atoms with Crippen LogP contribution in [0.15, 0.2) is 65.7 Å². The minimum absolute atomic E-state index is 0.0342. The van der Waals surface area contributed by atoms with Crippen molar-refractivity contribution in [2.75, 3.05) is 76.2 Å². The van der Waals surface area contributed by atoms with Crippen molar-refractivity contribution in [1.82, 2.24) is 19.4 Å². The molecule has 2 N–H and O–H groups in total. The summed E-state index contributed by atoms with van der Waals surface area (Å²) in [6, 6.07) is 16.0. The predicted molar refractivity (Wildman–Crippen MR) is 169 cm³/mol. The molecular weight excluding hydrogens is 601 g/mol. The van der Waals surface area contributed by atoms with Crippen molar-refractivity contribution in [1.29, 1.82) is 0 Å². The summed E-state index contributed by atoms with van der Waals surface area (Å²) in [4.78, 5) is 36.5. The number of hydrogen-bond acceptors (Lipinski definition) is 7. The fourth-order valence-corrected chi connectivity index (χ4v) is 6.10. The molecule has 3 aliphatic heterocycles. The van der Waals surface area contributed by atoms with Crippen LogP contribution in [0.25, 0.3) is 0 Å². The van der Waals surface area contributed by atoms with Gasteiger partial charge in [0.2, 0.25) is 0 Å². The number of halogens is 3. The summed E-state index contributed by atoms with van der Waals surface area (Å²) in [5.41, 5.74) is 1.82. The minimum atomic E-state index is -4.55. The summed E-state index contributed by atoms with van der Waals surface area (Å²) in [6.07, 6.45) is -4.35. The number of rotatable bonds is 5. The van der Waals surface area contributed by atoms with Crippen LogP contribution in [0.4, 0.5) is 29.3 Å². The molecule has 46 heavy (non-hydrogen) atoms. The highest BCUT2D eigenvalue weighted by Gasteiger charge is 2.41. The number of likely N-dealkylation sites (N-methyl/N-ethyl adjacent to an activating group) is 1. The standard InChI is InChI=1S/C32H37F3N8O3/c1-39(2)25-14-15-42(20-25)30(44)22-6-10-24(11-7-22)37-31(45)36-23-8-4-21(5-9-23)28-38-29(41-16-18-46-19-17-41)26-12-13-27(32(33,34)35)43(26)40(28)3/h4-13,25,28H,14-20H2,1-3H3,(H2,36,37,45). The molecule has 2 saturated heterocycles. The highest BCUT2D eigenvalue weighted by molar-refractivity contribution is 6.01. The van der Waals surface area contributed by atoms with E-state index in [9.17, 15) is 22.8 Å². The van der Waals surface area contributed by atoms with Crippen LogP contribution in [0, 0.1) is 0 Å². The van der Waals surface area contributed by atoms with Gasteiger partial charge < -0.3 is 30.1 Å². The Hall–Kier alpha value is -4.56. The molecule has 0 aliphatic carbocycles. The molecule has 2 atom stereocenters. The normalized spacial score (nSPS) is 20.1. The molecule has 0 saturated carbocycles. The van der Waals surface area contributed by atoms with E-state index in [1.807, 2.05) is 23.9 Å². The van der Waals surface area contributed by atoms with Crippen molar-refractivity contribution in [2.24, 2.45) is 4.99 Å². The SMILES string of the molecule is CN(C)C1CCN(C(=O)c2ccc(NC(=O)Nc3ccc(C4N=C(N5CCOCC5)c5ccc(C(F)(F)F)n5N4C)cc3)cc2)C1. The number of aliphatic imine (C=N–C) groups is 1. The van der Waals surface area contributed by atoms with E-state index in [2.05, 4.69) is 15.5 Å². The zero-order valence-corrected chi connectivity index (χ0v) is 25.9. The van der Waals surface area contributed by atoms with Gasteiger partial charge in [-0.15, -0.1) is 0 Å². The van der Waals surface area contributed by atoms with E-state index < -0.39 is 24.1 Å². The molecule has 2 fully saturated rings. The number of ether oxygens (including phenoxy) is 1. The fraction of sp³-hybridized carbons (Fsp3) is 0.406. The molecule has 0 spiro atoms. The molecule has 1 aromatic heterocycles. The van der Waals surface area contributed by atoms with Crippen LogP contribution in [0.3, 0.4) is 0 Å². The number of amidine groups is 1. The van der Waals surface area contributed by atoms with E-state index >= 15 is 0 Å². The molecular formula is C32H37F3N8O3. The molecule has 0 bridgehead atoms. The van der Waals surface area contributed by atoms with E-state index in [-0.39, 0.29) is 5.91 Å². The molecule has 3 aromatic rings. The van der Waals surface area contributed by atoms with E-state index in [1.54, 1.807) is 55.6 Å². The first-order chi connectivity index (χ1) is 22.0. The zero-order valence-electron chi connectivity index (χ0n) is 25.9. The summed E-state index contributed by atoms with van der Waals surface area (Å²) >= 11 is 0. The maximum absolute atomic E-state index is 14.0. The molecule has 244 valence electrons. The Kier molecular flexibility index (Phi) is 8.66. The number of fused-ring (bicyclic) bond motifs is 1. The molecule has 14 heteroatoms. The average Bonchev–Trinajstić information content (AvgIpc) is 3.72.